The zero-order valence-electron chi connectivity index (χ0n) is 19.6. The van der Waals surface area contributed by atoms with Gasteiger partial charge >= 0.3 is 5.91 Å². The zero-order chi connectivity index (χ0) is 24.7. The number of carbonyl (C=O) groups is 2. The molecule has 0 spiro atoms. The van der Waals surface area contributed by atoms with Crippen LogP contribution in [0.2, 0.25) is 0 Å². The van der Waals surface area contributed by atoms with Crippen molar-refractivity contribution in [3.63, 3.8) is 0 Å². The van der Waals surface area contributed by atoms with Crippen molar-refractivity contribution >= 4 is 44.1 Å². The second-order valence-corrected chi connectivity index (χ2v) is 9.47. The third-order valence-corrected chi connectivity index (χ3v) is 7.28. The summed E-state index contributed by atoms with van der Waals surface area (Å²) in [5.41, 5.74) is 4.13. The minimum absolute atomic E-state index is 0.0555. The number of hydrogen-bond acceptors (Lipinski definition) is 6. The average Bonchev–Trinajstić information content (AvgIpc) is 3.41. The number of anilines is 1. The standard InChI is InChI=1S/C28H24N2O4S/c1-4-17-7-11-18(12-8-17)24-23(25(31)19-9-5-16(2)6-10-19)26(32)27(33)30(24)28-29-21-14-13-20(34-3)15-22(21)35-28/h5-15,24,31H,4H2,1-3H3/b25-23+. The number of ketones is 1. The molecule has 7 heteroatoms. The maximum atomic E-state index is 13.4. The molecule has 1 amide bonds. The summed E-state index contributed by atoms with van der Waals surface area (Å²) in [6, 6.07) is 19.7. The van der Waals surface area contributed by atoms with E-state index in [2.05, 4.69) is 11.9 Å². The lowest BCUT2D eigenvalue weighted by molar-refractivity contribution is -0.132. The summed E-state index contributed by atoms with van der Waals surface area (Å²) in [6.07, 6.45) is 0.865. The van der Waals surface area contributed by atoms with Crippen LogP contribution >= 0.6 is 11.3 Å². The number of aromatic nitrogens is 1. The molecular weight excluding hydrogens is 460 g/mol. The predicted molar refractivity (Wildman–Crippen MR) is 138 cm³/mol. The molecule has 0 bridgehead atoms. The van der Waals surface area contributed by atoms with E-state index < -0.39 is 17.7 Å². The lowest BCUT2D eigenvalue weighted by atomic mass is 9.94. The van der Waals surface area contributed by atoms with Crippen molar-refractivity contribution in [3.8, 4) is 5.75 Å². The van der Waals surface area contributed by atoms with Gasteiger partial charge in [0.05, 0.1) is 28.9 Å². The van der Waals surface area contributed by atoms with E-state index in [9.17, 15) is 14.7 Å². The van der Waals surface area contributed by atoms with Crippen LogP contribution in [0, 0.1) is 6.92 Å². The Bertz CT molecular complexity index is 1470. The molecule has 1 atom stereocenters. The van der Waals surface area contributed by atoms with Crippen LogP contribution in [0.5, 0.6) is 5.75 Å². The fourth-order valence-corrected chi connectivity index (χ4v) is 5.29. The summed E-state index contributed by atoms with van der Waals surface area (Å²) < 4.78 is 6.15. The number of hydrogen-bond donors (Lipinski definition) is 1. The Balaban J connectivity index is 1.70. The number of nitrogens with zero attached hydrogens (tertiary/aromatic N) is 2. The van der Waals surface area contributed by atoms with Crippen LogP contribution in [-0.2, 0) is 16.0 Å². The molecule has 176 valence electrons. The average molecular weight is 485 g/mol. The van der Waals surface area contributed by atoms with Crippen LogP contribution in [0.4, 0.5) is 5.13 Å². The Morgan fingerprint density at radius 3 is 2.43 bits per heavy atom. The van der Waals surface area contributed by atoms with Crippen LogP contribution < -0.4 is 9.64 Å². The first kappa shape index (κ1) is 22.8. The van der Waals surface area contributed by atoms with Gasteiger partial charge in [-0.3, -0.25) is 14.5 Å². The van der Waals surface area contributed by atoms with Gasteiger partial charge in [-0.1, -0.05) is 72.4 Å². The van der Waals surface area contributed by atoms with Gasteiger partial charge in [0.15, 0.2) is 5.13 Å². The van der Waals surface area contributed by atoms with Crippen molar-refractivity contribution in [2.24, 2.45) is 0 Å². The van der Waals surface area contributed by atoms with Crippen LogP contribution in [0.1, 0.15) is 35.2 Å². The number of ether oxygens (including phenoxy) is 1. The SMILES string of the molecule is CCc1ccc(C2/C(=C(\O)c3ccc(C)cc3)C(=O)C(=O)N2c2nc3ccc(OC)cc3s2)cc1. The molecule has 1 aliphatic rings. The van der Waals surface area contributed by atoms with Crippen molar-refractivity contribution in [1.82, 2.24) is 4.98 Å². The molecule has 5 rings (SSSR count). The van der Waals surface area contributed by atoms with E-state index in [1.165, 1.54) is 16.2 Å². The molecule has 1 aromatic heterocycles. The highest BCUT2D eigenvalue weighted by Gasteiger charge is 2.48. The van der Waals surface area contributed by atoms with Crippen molar-refractivity contribution in [1.29, 1.82) is 0 Å². The quantitative estimate of drug-likeness (QED) is 0.220. The Kier molecular flexibility index (Phi) is 5.86. The Labute approximate surface area is 207 Å². The molecule has 1 aliphatic heterocycles. The summed E-state index contributed by atoms with van der Waals surface area (Å²) in [4.78, 5) is 32.8. The summed E-state index contributed by atoms with van der Waals surface area (Å²) in [5.74, 6) is -0.960. The second kappa shape index (κ2) is 9.00. The van der Waals surface area contributed by atoms with E-state index in [1.54, 1.807) is 25.3 Å². The summed E-state index contributed by atoms with van der Waals surface area (Å²) in [6.45, 7) is 4.01. The third-order valence-electron chi connectivity index (χ3n) is 6.26. The van der Waals surface area contributed by atoms with Gasteiger partial charge in [0.1, 0.15) is 11.5 Å². The first-order chi connectivity index (χ1) is 16.9. The first-order valence-corrected chi connectivity index (χ1v) is 12.1. The van der Waals surface area contributed by atoms with Crippen LogP contribution in [0.25, 0.3) is 16.0 Å². The van der Waals surface area contributed by atoms with Crippen molar-refractivity contribution in [2.75, 3.05) is 12.0 Å². The van der Waals surface area contributed by atoms with Crippen molar-refractivity contribution < 1.29 is 19.4 Å². The fraction of sp³-hybridized carbons (Fsp3) is 0.179. The molecule has 0 aliphatic carbocycles. The monoisotopic (exact) mass is 484 g/mol. The Morgan fingerprint density at radius 1 is 1.06 bits per heavy atom. The highest BCUT2D eigenvalue weighted by molar-refractivity contribution is 7.22. The lowest BCUT2D eigenvalue weighted by Gasteiger charge is -2.23. The number of aliphatic hydroxyl groups excluding tert-OH is 1. The smallest absolute Gasteiger partial charge is 0.301 e. The maximum absolute atomic E-state index is 13.4. The molecule has 2 heterocycles. The second-order valence-electron chi connectivity index (χ2n) is 8.46. The summed E-state index contributed by atoms with van der Waals surface area (Å²) >= 11 is 1.30. The number of carbonyl (C=O) groups excluding carboxylic acids is 2. The zero-order valence-corrected chi connectivity index (χ0v) is 20.4. The molecule has 6 nitrogen and oxygen atoms in total. The number of aliphatic hydroxyl groups is 1. The minimum Gasteiger partial charge on any atom is -0.507 e. The van der Waals surface area contributed by atoms with Crippen LogP contribution in [0.15, 0.2) is 72.3 Å². The van der Waals surface area contributed by atoms with Gasteiger partial charge in [0.25, 0.3) is 5.78 Å². The molecule has 0 saturated carbocycles. The number of rotatable bonds is 5. The highest BCUT2D eigenvalue weighted by Crippen LogP contribution is 2.44. The lowest BCUT2D eigenvalue weighted by Crippen LogP contribution is -2.29. The summed E-state index contributed by atoms with van der Waals surface area (Å²) in [5, 5.41) is 11.6. The van der Waals surface area contributed by atoms with Gasteiger partial charge in [0.2, 0.25) is 0 Å². The normalized spacial score (nSPS) is 17.3. The van der Waals surface area contributed by atoms with Gasteiger partial charge < -0.3 is 9.84 Å². The number of thiazole rings is 1. The minimum atomic E-state index is -0.801. The number of benzene rings is 3. The van der Waals surface area contributed by atoms with Gasteiger partial charge in [-0.25, -0.2) is 4.98 Å². The van der Waals surface area contributed by atoms with E-state index in [0.717, 1.165) is 27.8 Å². The number of methoxy groups -OCH3 is 1. The number of Topliss-reactive ketones (excluding diaryl/α,β-unsaturated/α-hetero) is 1. The van der Waals surface area contributed by atoms with E-state index in [0.29, 0.717) is 22.0 Å². The van der Waals surface area contributed by atoms with Gasteiger partial charge in [-0.15, -0.1) is 0 Å². The molecule has 4 aromatic rings. The molecule has 3 aromatic carbocycles. The number of fused-ring (bicyclic) bond motifs is 1. The topological polar surface area (TPSA) is 79.7 Å². The molecule has 1 N–H and O–H groups in total. The molecule has 1 unspecified atom stereocenters. The predicted octanol–water partition coefficient (Wildman–Crippen LogP) is 5.80. The van der Waals surface area contributed by atoms with E-state index in [1.807, 2.05) is 55.5 Å². The highest BCUT2D eigenvalue weighted by atomic mass is 32.1. The number of aryl methyl sites for hydroxylation is 2. The van der Waals surface area contributed by atoms with Gasteiger partial charge in [-0.05, 0) is 42.7 Å². The van der Waals surface area contributed by atoms with E-state index >= 15 is 0 Å². The molecule has 0 radical (unpaired) electrons. The van der Waals surface area contributed by atoms with E-state index in [-0.39, 0.29) is 11.3 Å². The maximum Gasteiger partial charge on any atom is 0.301 e. The van der Waals surface area contributed by atoms with Crippen LogP contribution in [-0.4, -0.2) is 28.9 Å². The summed E-state index contributed by atoms with van der Waals surface area (Å²) in [7, 11) is 1.59. The van der Waals surface area contributed by atoms with E-state index in [4.69, 9.17) is 4.74 Å². The van der Waals surface area contributed by atoms with Crippen molar-refractivity contribution in [2.45, 2.75) is 26.3 Å². The largest absolute Gasteiger partial charge is 0.507 e. The molecule has 35 heavy (non-hydrogen) atoms. The molecule has 1 saturated heterocycles. The Hall–Kier alpha value is -3.97. The Morgan fingerprint density at radius 2 is 1.77 bits per heavy atom. The van der Waals surface area contributed by atoms with Gasteiger partial charge in [-0.2, -0.15) is 0 Å². The van der Waals surface area contributed by atoms with Crippen LogP contribution in [0.3, 0.4) is 0 Å². The molecular formula is C28H24N2O4S. The van der Waals surface area contributed by atoms with Crippen molar-refractivity contribution in [3.05, 3.63) is 94.6 Å². The third kappa shape index (κ3) is 3.98. The molecule has 1 fully saturated rings. The fourth-order valence-electron chi connectivity index (χ4n) is 4.27. The van der Waals surface area contributed by atoms with Gasteiger partial charge in [0, 0.05) is 5.56 Å². The first-order valence-electron chi connectivity index (χ1n) is 11.3. The number of amides is 1.